The number of aromatic nitrogens is 2. The van der Waals surface area contributed by atoms with E-state index >= 15 is 0 Å². The monoisotopic (exact) mass is 212 g/mol. The van der Waals surface area contributed by atoms with Crippen LogP contribution in [0.4, 0.5) is 0 Å². The van der Waals surface area contributed by atoms with Gasteiger partial charge in [-0.25, -0.2) is 9.97 Å². The Bertz CT molecular complexity index is 324. The van der Waals surface area contributed by atoms with Gasteiger partial charge in [0.1, 0.15) is 5.82 Å². The molecule has 0 aromatic carbocycles. The van der Waals surface area contributed by atoms with Crippen LogP contribution in [-0.4, -0.2) is 23.2 Å². The number of rotatable bonds is 2. The Labute approximate surface area is 88.5 Å². The van der Waals surface area contributed by atoms with E-state index in [9.17, 15) is 0 Å². The van der Waals surface area contributed by atoms with Gasteiger partial charge in [0.05, 0.1) is 18.2 Å². The maximum atomic E-state index is 5.76. The van der Waals surface area contributed by atoms with Crippen LogP contribution in [0.5, 0.6) is 0 Å². The van der Waals surface area contributed by atoms with E-state index < -0.39 is 0 Å². The fourth-order valence-electron chi connectivity index (χ4n) is 1.65. The molecule has 1 aliphatic heterocycles. The highest BCUT2D eigenvalue weighted by Crippen LogP contribution is 2.22. The molecule has 14 heavy (non-hydrogen) atoms. The lowest BCUT2D eigenvalue weighted by atomic mass is 10.1. The SMILES string of the molecule is Cc1cc(CCl)nc(C2CCOC2)n1. The van der Waals surface area contributed by atoms with E-state index in [2.05, 4.69) is 9.97 Å². The molecule has 1 saturated heterocycles. The molecule has 1 aliphatic rings. The van der Waals surface area contributed by atoms with Crippen LogP contribution in [0.3, 0.4) is 0 Å². The summed E-state index contributed by atoms with van der Waals surface area (Å²) in [5, 5.41) is 0. The molecule has 2 heterocycles. The zero-order chi connectivity index (χ0) is 9.97. The topological polar surface area (TPSA) is 35.0 Å². The summed E-state index contributed by atoms with van der Waals surface area (Å²) in [5.41, 5.74) is 1.89. The standard InChI is InChI=1S/C10H13ClN2O/c1-7-4-9(5-11)13-10(12-7)8-2-3-14-6-8/h4,8H,2-3,5-6H2,1H3. The van der Waals surface area contributed by atoms with Crippen LogP contribution in [0.25, 0.3) is 0 Å². The van der Waals surface area contributed by atoms with E-state index in [1.807, 2.05) is 13.0 Å². The van der Waals surface area contributed by atoms with Crippen molar-refractivity contribution in [3.8, 4) is 0 Å². The zero-order valence-electron chi connectivity index (χ0n) is 8.16. The van der Waals surface area contributed by atoms with Crippen LogP contribution in [0, 0.1) is 6.92 Å². The number of nitrogens with zero attached hydrogens (tertiary/aromatic N) is 2. The minimum absolute atomic E-state index is 0.358. The van der Waals surface area contributed by atoms with Crippen LogP contribution in [0.2, 0.25) is 0 Å². The van der Waals surface area contributed by atoms with Gasteiger partial charge in [-0.3, -0.25) is 0 Å². The highest BCUT2D eigenvalue weighted by atomic mass is 35.5. The fourth-order valence-corrected chi connectivity index (χ4v) is 1.78. The first-order chi connectivity index (χ1) is 6.79. The molecule has 1 fully saturated rings. The molecule has 0 amide bonds. The number of hydrogen-bond donors (Lipinski definition) is 0. The van der Waals surface area contributed by atoms with Crippen molar-refractivity contribution in [2.24, 2.45) is 0 Å². The summed E-state index contributed by atoms with van der Waals surface area (Å²) >= 11 is 5.76. The lowest BCUT2D eigenvalue weighted by Crippen LogP contribution is -2.07. The highest BCUT2D eigenvalue weighted by Gasteiger charge is 2.20. The Kier molecular flexibility index (Phi) is 2.99. The molecule has 4 heteroatoms. The van der Waals surface area contributed by atoms with Gasteiger partial charge in [-0.15, -0.1) is 11.6 Å². The Balaban J connectivity index is 2.27. The van der Waals surface area contributed by atoms with E-state index in [0.29, 0.717) is 11.8 Å². The van der Waals surface area contributed by atoms with Gasteiger partial charge >= 0.3 is 0 Å². The van der Waals surface area contributed by atoms with E-state index in [-0.39, 0.29) is 0 Å². The van der Waals surface area contributed by atoms with Crippen molar-refractivity contribution in [1.82, 2.24) is 9.97 Å². The first kappa shape index (κ1) is 9.87. The molecule has 3 nitrogen and oxygen atoms in total. The molecule has 0 N–H and O–H groups in total. The van der Waals surface area contributed by atoms with Crippen molar-refractivity contribution >= 4 is 11.6 Å². The Morgan fingerprint density at radius 3 is 3.07 bits per heavy atom. The number of halogens is 1. The zero-order valence-corrected chi connectivity index (χ0v) is 8.92. The summed E-state index contributed by atoms with van der Waals surface area (Å²) in [5.74, 6) is 1.69. The minimum Gasteiger partial charge on any atom is -0.381 e. The molecule has 1 aromatic rings. The van der Waals surface area contributed by atoms with Crippen molar-refractivity contribution in [2.75, 3.05) is 13.2 Å². The molecule has 0 radical (unpaired) electrons. The van der Waals surface area contributed by atoms with Crippen LogP contribution in [-0.2, 0) is 10.6 Å². The largest absolute Gasteiger partial charge is 0.381 e. The van der Waals surface area contributed by atoms with Crippen molar-refractivity contribution in [1.29, 1.82) is 0 Å². The molecule has 0 saturated carbocycles. The van der Waals surface area contributed by atoms with Gasteiger partial charge in [-0.05, 0) is 19.4 Å². The molecule has 0 spiro atoms. The van der Waals surface area contributed by atoms with Crippen LogP contribution >= 0.6 is 11.6 Å². The van der Waals surface area contributed by atoms with E-state index in [1.54, 1.807) is 0 Å². The first-order valence-corrected chi connectivity index (χ1v) is 5.31. The van der Waals surface area contributed by atoms with Gasteiger partial charge in [0.25, 0.3) is 0 Å². The summed E-state index contributed by atoms with van der Waals surface area (Å²) in [7, 11) is 0. The minimum atomic E-state index is 0.358. The predicted octanol–water partition coefficient (Wildman–Crippen LogP) is 2.03. The van der Waals surface area contributed by atoms with E-state index in [1.165, 1.54) is 0 Å². The second-order valence-corrected chi connectivity index (χ2v) is 3.82. The maximum absolute atomic E-state index is 5.76. The predicted molar refractivity (Wildman–Crippen MR) is 54.5 cm³/mol. The molecule has 1 atom stereocenters. The van der Waals surface area contributed by atoms with E-state index in [0.717, 1.165) is 36.8 Å². The third-order valence-corrected chi connectivity index (χ3v) is 2.63. The molecule has 2 rings (SSSR count). The summed E-state index contributed by atoms with van der Waals surface area (Å²) in [6.07, 6.45) is 1.02. The van der Waals surface area contributed by atoms with Gasteiger partial charge in [0, 0.05) is 18.2 Å². The summed E-state index contributed by atoms with van der Waals surface area (Å²) in [6, 6.07) is 1.92. The van der Waals surface area contributed by atoms with Gasteiger partial charge in [0.2, 0.25) is 0 Å². The van der Waals surface area contributed by atoms with Crippen molar-refractivity contribution in [3.05, 3.63) is 23.3 Å². The third-order valence-electron chi connectivity index (χ3n) is 2.36. The third kappa shape index (κ3) is 2.04. The summed E-state index contributed by atoms with van der Waals surface area (Å²) in [6.45, 7) is 3.53. The number of hydrogen-bond acceptors (Lipinski definition) is 3. The lowest BCUT2D eigenvalue weighted by molar-refractivity contribution is 0.193. The van der Waals surface area contributed by atoms with Crippen LogP contribution in [0.15, 0.2) is 6.07 Å². The average Bonchev–Trinajstić information content (AvgIpc) is 2.69. The Morgan fingerprint density at radius 1 is 1.57 bits per heavy atom. The molecular formula is C10H13ClN2O. The first-order valence-electron chi connectivity index (χ1n) is 4.78. The molecule has 76 valence electrons. The number of aryl methyl sites for hydroxylation is 1. The smallest absolute Gasteiger partial charge is 0.134 e. The Morgan fingerprint density at radius 2 is 2.43 bits per heavy atom. The number of ether oxygens (including phenoxy) is 1. The molecule has 0 bridgehead atoms. The second-order valence-electron chi connectivity index (χ2n) is 3.55. The van der Waals surface area contributed by atoms with Crippen molar-refractivity contribution in [3.63, 3.8) is 0 Å². The molecule has 1 aromatic heterocycles. The molecular weight excluding hydrogens is 200 g/mol. The van der Waals surface area contributed by atoms with Gasteiger partial charge in [0.15, 0.2) is 0 Å². The van der Waals surface area contributed by atoms with Crippen molar-refractivity contribution in [2.45, 2.75) is 25.1 Å². The maximum Gasteiger partial charge on any atom is 0.134 e. The Hall–Kier alpha value is -0.670. The summed E-state index contributed by atoms with van der Waals surface area (Å²) < 4.78 is 5.31. The average molecular weight is 213 g/mol. The van der Waals surface area contributed by atoms with Crippen LogP contribution < -0.4 is 0 Å². The van der Waals surface area contributed by atoms with E-state index in [4.69, 9.17) is 16.3 Å². The van der Waals surface area contributed by atoms with Gasteiger partial charge in [-0.2, -0.15) is 0 Å². The normalized spacial score (nSPS) is 21.4. The van der Waals surface area contributed by atoms with Gasteiger partial charge in [-0.1, -0.05) is 0 Å². The molecule has 1 unspecified atom stereocenters. The lowest BCUT2D eigenvalue weighted by Gasteiger charge is -2.08. The highest BCUT2D eigenvalue weighted by molar-refractivity contribution is 6.16. The van der Waals surface area contributed by atoms with Crippen LogP contribution in [0.1, 0.15) is 29.6 Å². The molecule has 0 aliphatic carbocycles. The number of alkyl halides is 1. The second kappa shape index (κ2) is 4.24. The van der Waals surface area contributed by atoms with Crippen molar-refractivity contribution < 1.29 is 4.74 Å². The summed E-state index contributed by atoms with van der Waals surface area (Å²) in [4.78, 5) is 8.83. The fraction of sp³-hybridized carbons (Fsp3) is 0.600. The quantitative estimate of drug-likeness (QED) is 0.704. The van der Waals surface area contributed by atoms with Gasteiger partial charge < -0.3 is 4.74 Å².